The molecule has 124 valence electrons. The summed E-state index contributed by atoms with van der Waals surface area (Å²) in [6.45, 7) is 6.93. The van der Waals surface area contributed by atoms with E-state index in [0.717, 1.165) is 11.1 Å². The highest BCUT2D eigenvalue weighted by Gasteiger charge is 2.50. The first-order chi connectivity index (χ1) is 10.2. The summed E-state index contributed by atoms with van der Waals surface area (Å²) >= 11 is 0. The maximum absolute atomic E-state index is 13.8. The molecule has 0 aliphatic heterocycles. The van der Waals surface area contributed by atoms with E-state index in [2.05, 4.69) is 18.6 Å². The largest absolute Gasteiger partial charge is 0.461 e. The van der Waals surface area contributed by atoms with Crippen molar-refractivity contribution >= 4 is 5.97 Å². The third kappa shape index (κ3) is 4.50. The van der Waals surface area contributed by atoms with Gasteiger partial charge in [-0.1, -0.05) is 45.0 Å². The van der Waals surface area contributed by atoms with E-state index in [4.69, 9.17) is 0 Å². The van der Waals surface area contributed by atoms with E-state index >= 15 is 0 Å². The van der Waals surface area contributed by atoms with Crippen molar-refractivity contribution < 1.29 is 23.4 Å². The third-order valence-corrected chi connectivity index (χ3v) is 3.66. The predicted octanol–water partition coefficient (Wildman–Crippen LogP) is 3.55. The van der Waals surface area contributed by atoms with Gasteiger partial charge in [0, 0.05) is 0 Å². The molecule has 1 aromatic carbocycles. The number of aliphatic hydroxyl groups is 1. The Kier molecular flexibility index (Phi) is 6.48. The lowest BCUT2D eigenvalue weighted by molar-refractivity contribution is -0.193. The van der Waals surface area contributed by atoms with Crippen molar-refractivity contribution in [1.82, 2.24) is 0 Å². The van der Waals surface area contributed by atoms with Crippen LogP contribution in [-0.2, 0) is 16.0 Å². The van der Waals surface area contributed by atoms with Crippen molar-refractivity contribution in [3.05, 3.63) is 35.4 Å². The smallest absolute Gasteiger partial charge is 0.379 e. The molecular weight excluding hydrogens is 290 g/mol. The van der Waals surface area contributed by atoms with Crippen LogP contribution in [0.5, 0.6) is 0 Å². The Balaban J connectivity index is 2.74. The van der Waals surface area contributed by atoms with E-state index in [1.807, 2.05) is 24.3 Å². The van der Waals surface area contributed by atoms with Crippen LogP contribution in [0.25, 0.3) is 0 Å². The zero-order valence-corrected chi connectivity index (χ0v) is 13.5. The molecule has 0 radical (unpaired) electrons. The summed E-state index contributed by atoms with van der Waals surface area (Å²) in [7, 11) is 0. The number of hydrogen-bond acceptors (Lipinski definition) is 3. The van der Waals surface area contributed by atoms with Crippen LogP contribution >= 0.6 is 0 Å². The molecule has 1 aromatic rings. The number of carbonyl (C=O) groups is 1. The summed E-state index contributed by atoms with van der Waals surface area (Å²) in [6, 6.07) is 7.62. The number of esters is 1. The Morgan fingerprint density at radius 3 is 2.23 bits per heavy atom. The van der Waals surface area contributed by atoms with Crippen LogP contribution in [0, 0.1) is 5.92 Å². The lowest BCUT2D eigenvalue weighted by atomic mass is 9.91. The molecule has 0 fully saturated rings. The molecule has 0 aromatic heterocycles. The van der Waals surface area contributed by atoms with Gasteiger partial charge in [-0.3, -0.25) is 0 Å². The van der Waals surface area contributed by atoms with E-state index in [1.165, 1.54) is 13.8 Å². The van der Waals surface area contributed by atoms with Gasteiger partial charge in [0.1, 0.15) is 6.10 Å². The zero-order chi connectivity index (χ0) is 16.9. The fourth-order valence-corrected chi connectivity index (χ4v) is 2.23. The SMILES string of the molecule is CCOC(=O)C(F)(F)C(O)C(C)Cc1ccc(C(C)C)cc1. The minimum absolute atomic E-state index is 0.147. The highest BCUT2D eigenvalue weighted by atomic mass is 19.3. The van der Waals surface area contributed by atoms with Gasteiger partial charge in [-0.05, 0) is 36.3 Å². The van der Waals surface area contributed by atoms with Crippen molar-refractivity contribution in [2.75, 3.05) is 6.61 Å². The molecule has 0 heterocycles. The lowest BCUT2D eigenvalue weighted by Gasteiger charge is -2.25. The maximum Gasteiger partial charge on any atom is 0.379 e. The van der Waals surface area contributed by atoms with Crippen LogP contribution in [0.2, 0.25) is 0 Å². The van der Waals surface area contributed by atoms with Gasteiger partial charge in [0.15, 0.2) is 0 Å². The van der Waals surface area contributed by atoms with Crippen molar-refractivity contribution in [1.29, 1.82) is 0 Å². The van der Waals surface area contributed by atoms with Gasteiger partial charge in [-0.2, -0.15) is 8.78 Å². The van der Waals surface area contributed by atoms with Gasteiger partial charge in [-0.15, -0.1) is 0 Å². The summed E-state index contributed by atoms with van der Waals surface area (Å²) in [6.07, 6.45) is -1.81. The van der Waals surface area contributed by atoms with Crippen molar-refractivity contribution in [2.45, 2.75) is 52.1 Å². The summed E-state index contributed by atoms with van der Waals surface area (Å²) < 4.78 is 31.9. The Bertz CT molecular complexity index is 483. The highest BCUT2D eigenvalue weighted by Crippen LogP contribution is 2.28. The summed E-state index contributed by atoms with van der Waals surface area (Å²) in [4.78, 5) is 11.3. The number of alkyl halides is 2. The van der Waals surface area contributed by atoms with Crippen LogP contribution in [-0.4, -0.2) is 29.7 Å². The van der Waals surface area contributed by atoms with Gasteiger partial charge in [0.05, 0.1) is 6.61 Å². The molecule has 0 saturated carbocycles. The highest BCUT2D eigenvalue weighted by molar-refractivity contribution is 5.78. The average Bonchev–Trinajstić information content (AvgIpc) is 2.47. The second-order valence-corrected chi connectivity index (χ2v) is 5.87. The second-order valence-electron chi connectivity index (χ2n) is 5.87. The van der Waals surface area contributed by atoms with E-state index < -0.39 is 23.9 Å². The Hall–Kier alpha value is -1.49. The molecule has 3 nitrogen and oxygen atoms in total. The van der Waals surface area contributed by atoms with Crippen LogP contribution in [0.15, 0.2) is 24.3 Å². The molecule has 2 atom stereocenters. The molecule has 22 heavy (non-hydrogen) atoms. The van der Waals surface area contributed by atoms with Gasteiger partial charge in [0.2, 0.25) is 0 Å². The Morgan fingerprint density at radius 2 is 1.77 bits per heavy atom. The molecule has 1 N–H and O–H groups in total. The van der Waals surface area contributed by atoms with Gasteiger partial charge >= 0.3 is 11.9 Å². The monoisotopic (exact) mass is 314 g/mol. The first kappa shape index (κ1) is 18.6. The minimum atomic E-state index is -3.90. The van der Waals surface area contributed by atoms with Crippen LogP contribution in [0.1, 0.15) is 44.7 Å². The zero-order valence-electron chi connectivity index (χ0n) is 13.5. The van der Waals surface area contributed by atoms with Crippen LogP contribution in [0.3, 0.4) is 0 Å². The quantitative estimate of drug-likeness (QED) is 0.783. The number of hydrogen-bond donors (Lipinski definition) is 1. The summed E-state index contributed by atoms with van der Waals surface area (Å²) in [5.74, 6) is -5.95. The van der Waals surface area contributed by atoms with E-state index in [9.17, 15) is 18.7 Å². The topological polar surface area (TPSA) is 46.5 Å². The van der Waals surface area contributed by atoms with Crippen molar-refractivity contribution in [2.24, 2.45) is 5.92 Å². The average molecular weight is 314 g/mol. The molecule has 0 saturated heterocycles. The molecule has 0 bridgehead atoms. The Morgan fingerprint density at radius 1 is 1.23 bits per heavy atom. The predicted molar refractivity (Wildman–Crippen MR) is 81.0 cm³/mol. The number of benzene rings is 1. The number of ether oxygens (including phenoxy) is 1. The second kappa shape index (κ2) is 7.68. The van der Waals surface area contributed by atoms with Crippen molar-refractivity contribution in [3.63, 3.8) is 0 Å². The van der Waals surface area contributed by atoms with Crippen LogP contribution in [0.4, 0.5) is 8.78 Å². The third-order valence-electron chi connectivity index (χ3n) is 3.66. The standard InChI is InChI=1S/C17H24F2O3/c1-5-22-16(21)17(18,19)15(20)12(4)10-13-6-8-14(9-7-13)11(2)3/h6-9,11-12,15,20H,5,10H2,1-4H3. The molecule has 1 rings (SSSR count). The first-order valence-corrected chi connectivity index (χ1v) is 7.52. The fraction of sp³-hybridized carbons (Fsp3) is 0.588. The number of aliphatic hydroxyl groups excluding tert-OH is 1. The fourth-order valence-electron chi connectivity index (χ4n) is 2.23. The molecular formula is C17H24F2O3. The lowest BCUT2D eigenvalue weighted by Crippen LogP contribution is -2.46. The maximum atomic E-state index is 13.8. The van der Waals surface area contributed by atoms with E-state index in [1.54, 1.807) is 0 Å². The van der Waals surface area contributed by atoms with E-state index in [0.29, 0.717) is 5.92 Å². The van der Waals surface area contributed by atoms with Gasteiger partial charge in [0.25, 0.3) is 0 Å². The molecule has 5 heteroatoms. The molecule has 2 unspecified atom stereocenters. The molecule has 0 spiro atoms. The Labute approximate surface area is 130 Å². The van der Waals surface area contributed by atoms with Crippen molar-refractivity contribution in [3.8, 4) is 0 Å². The number of halogens is 2. The van der Waals surface area contributed by atoms with Gasteiger partial charge in [-0.25, -0.2) is 4.79 Å². The minimum Gasteiger partial charge on any atom is -0.461 e. The molecule has 0 amide bonds. The first-order valence-electron chi connectivity index (χ1n) is 7.52. The molecule has 0 aliphatic carbocycles. The number of rotatable bonds is 7. The normalized spacial score (nSPS) is 14.7. The molecule has 0 aliphatic rings. The summed E-state index contributed by atoms with van der Waals surface area (Å²) in [5, 5.41) is 9.80. The van der Waals surface area contributed by atoms with Gasteiger partial charge < -0.3 is 9.84 Å². The van der Waals surface area contributed by atoms with E-state index in [-0.39, 0.29) is 13.0 Å². The number of carbonyl (C=O) groups excluding carboxylic acids is 1. The van der Waals surface area contributed by atoms with Crippen LogP contribution < -0.4 is 0 Å². The summed E-state index contributed by atoms with van der Waals surface area (Å²) in [5.41, 5.74) is 2.00.